The molecule has 2 heteroatoms. The van der Waals surface area contributed by atoms with Gasteiger partial charge in [0.05, 0.1) is 0 Å². The Kier molecular flexibility index (Phi) is 4.11. The van der Waals surface area contributed by atoms with Crippen LogP contribution in [0.2, 0.25) is 5.02 Å². The maximum absolute atomic E-state index is 5.96. The molecule has 0 saturated heterocycles. The Balaban J connectivity index is 2.11. The van der Waals surface area contributed by atoms with E-state index in [4.69, 9.17) is 17.3 Å². The highest BCUT2D eigenvalue weighted by molar-refractivity contribution is 6.30. The Hall–Kier alpha value is -0.530. The van der Waals surface area contributed by atoms with Gasteiger partial charge in [-0.15, -0.1) is 0 Å². The average Bonchev–Trinajstić information content (AvgIpc) is 2.25. The SMILES string of the molecule is C[C@H](CCN)CC1(c2ccc(Cl)cc2)CCC1. The second-order valence-corrected chi connectivity index (χ2v) is 5.96. The van der Waals surface area contributed by atoms with Gasteiger partial charge in [0.25, 0.3) is 0 Å². The van der Waals surface area contributed by atoms with Gasteiger partial charge in [-0.25, -0.2) is 0 Å². The molecule has 0 aromatic heterocycles. The molecule has 0 amide bonds. The lowest BCUT2D eigenvalue weighted by Crippen LogP contribution is -2.36. The normalized spacial score (nSPS) is 19.7. The molecule has 0 unspecified atom stereocenters. The van der Waals surface area contributed by atoms with Crippen LogP contribution in [-0.2, 0) is 5.41 Å². The van der Waals surface area contributed by atoms with E-state index in [2.05, 4.69) is 19.1 Å². The third kappa shape index (κ3) is 2.83. The molecule has 17 heavy (non-hydrogen) atoms. The Labute approximate surface area is 109 Å². The minimum atomic E-state index is 0.416. The van der Waals surface area contributed by atoms with Crippen molar-refractivity contribution in [2.45, 2.75) is 44.4 Å². The number of halogens is 1. The maximum atomic E-state index is 5.96. The minimum Gasteiger partial charge on any atom is -0.330 e. The van der Waals surface area contributed by atoms with Crippen molar-refractivity contribution in [2.24, 2.45) is 11.7 Å². The second kappa shape index (κ2) is 5.41. The molecule has 1 atom stereocenters. The summed E-state index contributed by atoms with van der Waals surface area (Å²) in [6.07, 6.45) is 6.41. The van der Waals surface area contributed by atoms with E-state index >= 15 is 0 Å². The van der Waals surface area contributed by atoms with Gasteiger partial charge in [-0.1, -0.05) is 37.1 Å². The van der Waals surface area contributed by atoms with Gasteiger partial charge < -0.3 is 5.73 Å². The summed E-state index contributed by atoms with van der Waals surface area (Å²) in [6, 6.07) is 8.45. The summed E-state index contributed by atoms with van der Waals surface area (Å²) in [4.78, 5) is 0. The van der Waals surface area contributed by atoms with Crippen LogP contribution < -0.4 is 5.73 Å². The van der Waals surface area contributed by atoms with Crippen molar-refractivity contribution in [1.82, 2.24) is 0 Å². The van der Waals surface area contributed by atoms with Gasteiger partial charge in [-0.3, -0.25) is 0 Å². The van der Waals surface area contributed by atoms with E-state index in [-0.39, 0.29) is 0 Å². The van der Waals surface area contributed by atoms with Crippen molar-refractivity contribution in [3.8, 4) is 0 Å². The predicted octanol–water partition coefficient (Wildman–Crippen LogP) is 4.14. The molecule has 1 aliphatic carbocycles. The predicted molar refractivity (Wildman–Crippen MR) is 74.4 cm³/mol. The summed E-state index contributed by atoms with van der Waals surface area (Å²) in [5, 5.41) is 0.832. The lowest BCUT2D eigenvalue weighted by atomic mass is 9.60. The highest BCUT2D eigenvalue weighted by atomic mass is 35.5. The van der Waals surface area contributed by atoms with Crippen LogP contribution in [0.3, 0.4) is 0 Å². The molecule has 2 N–H and O–H groups in total. The van der Waals surface area contributed by atoms with Crippen LogP contribution >= 0.6 is 11.6 Å². The Morgan fingerprint density at radius 2 is 1.94 bits per heavy atom. The molecule has 0 radical (unpaired) electrons. The van der Waals surface area contributed by atoms with Crippen molar-refractivity contribution in [3.05, 3.63) is 34.9 Å². The first-order valence-corrected chi connectivity index (χ1v) is 7.00. The maximum Gasteiger partial charge on any atom is 0.0406 e. The van der Waals surface area contributed by atoms with Crippen LogP contribution in [0.15, 0.2) is 24.3 Å². The zero-order valence-electron chi connectivity index (χ0n) is 10.6. The molecule has 1 nitrogen and oxygen atoms in total. The third-order valence-corrected chi connectivity index (χ3v) is 4.42. The Morgan fingerprint density at radius 1 is 1.29 bits per heavy atom. The third-order valence-electron chi connectivity index (χ3n) is 4.17. The zero-order chi connectivity index (χ0) is 12.3. The van der Waals surface area contributed by atoms with Crippen LogP contribution in [0.1, 0.15) is 44.6 Å². The zero-order valence-corrected chi connectivity index (χ0v) is 11.3. The first-order chi connectivity index (χ1) is 8.16. The van der Waals surface area contributed by atoms with Crippen LogP contribution in [0, 0.1) is 5.92 Å². The molecule has 1 fully saturated rings. The molecular weight excluding hydrogens is 230 g/mol. The summed E-state index contributed by atoms with van der Waals surface area (Å²) in [5.74, 6) is 0.718. The molecular formula is C15H22ClN. The van der Waals surface area contributed by atoms with Crippen molar-refractivity contribution in [2.75, 3.05) is 6.54 Å². The number of hydrogen-bond donors (Lipinski definition) is 1. The van der Waals surface area contributed by atoms with E-state index in [0.717, 1.165) is 23.9 Å². The van der Waals surface area contributed by atoms with Crippen LogP contribution in [0.4, 0.5) is 0 Å². The van der Waals surface area contributed by atoms with Crippen LogP contribution in [0.5, 0.6) is 0 Å². The van der Waals surface area contributed by atoms with Crippen LogP contribution in [-0.4, -0.2) is 6.54 Å². The van der Waals surface area contributed by atoms with Gasteiger partial charge in [-0.05, 0) is 61.3 Å². The highest BCUT2D eigenvalue weighted by Crippen LogP contribution is 2.48. The average molecular weight is 252 g/mol. The molecule has 2 rings (SSSR count). The van der Waals surface area contributed by atoms with Gasteiger partial charge in [0, 0.05) is 5.02 Å². The summed E-state index contributed by atoms with van der Waals surface area (Å²) < 4.78 is 0. The molecule has 0 heterocycles. The van der Waals surface area contributed by atoms with E-state index in [1.165, 1.54) is 31.2 Å². The van der Waals surface area contributed by atoms with E-state index in [1.54, 1.807) is 0 Å². The highest BCUT2D eigenvalue weighted by Gasteiger charge is 2.39. The summed E-state index contributed by atoms with van der Waals surface area (Å²) >= 11 is 5.96. The monoisotopic (exact) mass is 251 g/mol. The number of hydrogen-bond acceptors (Lipinski definition) is 1. The summed E-state index contributed by atoms with van der Waals surface area (Å²) in [5.41, 5.74) is 7.53. The Morgan fingerprint density at radius 3 is 2.41 bits per heavy atom. The summed E-state index contributed by atoms with van der Waals surface area (Å²) in [6.45, 7) is 3.13. The lowest BCUT2D eigenvalue weighted by molar-refractivity contribution is 0.191. The molecule has 1 aromatic rings. The standard InChI is InChI=1S/C15H22ClN/c1-12(7-10-17)11-15(8-2-9-15)13-3-5-14(16)6-4-13/h3-6,12H,2,7-11,17H2,1H3/t12-/m1/s1. The lowest BCUT2D eigenvalue weighted by Gasteiger charge is -2.44. The number of rotatable bonds is 5. The van der Waals surface area contributed by atoms with Crippen molar-refractivity contribution < 1.29 is 0 Å². The molecule has 1 saturated carbocycles. The van der Waals surface area contributed by atoms with E-state index in [1.807, 2.05) is 12.1 Å². The Bertz CT molecular complexity index is 354. The first kappa shape index (κ1) is 12.9. The molecule has 0 bridgehead atoms. The minimum absolute atomic E-state index is 0.416. The van der Waals surface area contributed by atoms with E-state index in [9.17, 15) is 0 Å². The smallest absolute Gasteiger partial charge is 0.0406 e. The van der Waals surface area contributed by atoms with Gasteiger partial charge in [-0.2, -0.15) is 0 Å². The molecule has 1 aromatic carbocycles. The fraction of sp³-hybridized carbons (Fsp3) is 0.600. The van der Waals surface area contributed by atoms with Gasteiger partial charge >= 0.3 is 0 Å². The fourth-order valence-electron chi connectivity index (χ4n) is 3.07. The molecule has 0 spiro atoms. The van der Waals surface area contributed by atoms with Gasteiger partial charge in [0.1, 0.15) is 0 Å². The van der Waals surface area contributed by atoms with Crippen molar-refractivity contribution >= 4 is 11.6 Å². The fourth-order valence-corrected chi connectivity index (χ4v) is 3.20. The first-order valence-electron chi connectivity index (χ1n) is 6.62. The molecule has 1 aliphatic rings. The largest absolute Gasteiger partial charge is 0.330 e. The van der Waals surface area contributed by atoms with Crippen molar-refractivity contribution in [3.63, 3.8) is 0 Å². The topological polar surface area (TPSA) is 26.0 Å². The molecule has 94 valence electrons. The quantitative estimate of drug-likeness (QED) is 0.837. The summed E-state index contributed by atoms with van der Waals surface area (Å²) in [7, 11) is 0. The number of nitrogens with two attached hydrogens (primary N) is 1. The van der Waals surface area contributed by atoms with E-state index < -0.39 is 0 Å². The van der Waals surface area contributed by atoms with E-state index in [0.29, 0.717) is 5.41 Å². The van der Waals surface area contributed by atoms with Gasteiger partial charge in [0.15, 0.2) is 0 Å². The van der Waals surface area contributed by atoms with Crippen molar-refractivity contribution in [1.29, 1.82) is 0 Å². The van der Waals surface area contributed by atoms with Crippen LogP contribution in [0.25, 0.3) is 0 Å². The number of benzene rings is 1. The molecule has 0 aliphatic heterocycles. The van der Waals surface area contributed by atoms with Gasteiger partial charge in [0.2, 0.25) is 0 Å². The second-order valence-electron chi connectivity index (χ2n) is 5.53.